The molecule has 0 fully saturated rings. The van der Waals surface area contributed by atoms with Crippen molar-refractivity contribution in [2.75, 3.05) is 0 Å². The molecule has 0 radical (unpaired) electrons. The van der Waals surface area contributed by atoms with Crippen LogP contribution in [0.5, 0.6) is 0 Å². The average Bonchev–Trinajstić information content (AvgIpc) is 2.66. The molecule has 5 nitrogen and oxygen atoms in total. The highest BCUT2D eigenvalue weighted by Crippen LogP contribution is 2.18. The predicted octanol–water partition coefficient (Wildman–Crippen LogP) is 3.90. The molecule has 3 rings (SSSR count). The van der Waals surface area contributed by atoms with Gasteiger partial charge in [0.1, 0.15) is 5.56 Å². The quantitative estimate of drug-likeness (QED) is 0.735. The average molecular weight is 375 g/mol. The van der Waals surface area contributed by atoms with Crippen molar-refractivity contribution >= 4 is 5.91 Å². The molecule has 0 bridgehead atoms. The van der Waals surface area contributed by atoms with Gasteiger partial charge in [-0.15, -0.1) is 0 Å². The molecule has 5 heteroatoms. The van der Waals surface area contributed by atoms with Gasteiger partial charge in [-0.2, -0.15) is 0 Å². The summed E-state index contributed by atoms with van der Waals surface area (Å²) in [5.74, 6) is -0.0148. The number of aryl methyl sites for hydroxylation is 2. The van der Waals surface area contributed by atoms with Crippen LogP contribution in [0.25, 0.3) is 5.69 Å². The third-order valence-corrected chi connectivity index (χ3v) is 4.76. The molecule has 3 aromatic rings. The van der Waals surface area contributed by atoms with Crippen LogP contribution in [-0.4, -0.2) is 15.5 Å². The highest BCUT2D eigenvalue weighted by Gasteiger charge is 2.16. The first-order chi connectivity index (χ1) is 13.4. The van der Waals surface area contributed by atoms with Gasteiger partial charge in [-0.1, -0.05) is 26.0 Å². The number of nitrogens with zero attached hydrogens (tertiary/aromatic N) is 2. The van der Waals surface area contributed by atoms with Crippen molar-refractivity contribution in [3.63, 3.8) is 0 Å². The number of aromatic nitrogens is 2. The van der Waals surface area contributed by atoms with Crippen LogP contribution in [0.1, 0.15) is 52.5 Å². The zero-order valence-corrected chi connectivity index (χ0v) is 16.7. The van der Waals surface area contributed by atoms with E-state index in [0.717, 1.165) is 22.5 Å². The maximum Gasteiger partial charge on any atom is 0.268 e. The van der Waals surface area contributed by atoms with Crippen LogP contribution in [0.3, 0.4) is 0 Å². The molecule has 1 aromatic carbocycles. The molecule has 28 heavy (non-hydrogen) atoms. The molecule has 0 aliphatic carbocycles. The Labute approximate surface area is 165 Å². The minimum Gasteiger partial charge on any atom is -0.348 e. The zero-order chi connectivity index (χ0) is 20.3. The molecule has 0 spiro atoms. The number of amides is 1. The third kappa shape index (κ3) is 4.19. The number of benzene rings is 1. The van der Waals surface area contributed by atoms with Crippen LogP contribution >= 0.6 is 0 Å². The number of hydrogen-bond donors (Lipinski definition) is 1. The summed E-state index contributed by atoms with van der Waals surface area (Å²) >= 11 is 0. The van der Waals surface area contributed by atoms with E-state index in [9.17, 15) is 9.59 Å². The fourth-order valence-electron chi connectivity index (χ4n) is 3.12. The largest absolute Gasteiger partial charge is 0.348 e. The second kappa shape index (κ2) is 8.21. The van der Waals surface area contributed by atoms with Crippen LogP contribution < -0.4 is 10.9 Å². The summed E-state index contributed by atoms with van der Waals surface area (Å²) in [5, 5.41) is 2.85. The maximum atomic E-state index is 13.1. The fourth-order valence-corrected chi connectivity index (χ4v) is 3.12. The minimum absolute atomic E-state index is 0.170. The second-order valence-corrected chi connectivity index (χ2v) is 7.29. The molecule has 1 amide bonds. The first-order valence-corrected chi connectivity index (χ1v) is 9.39. The molecule has 2 heterocycles. The Kier molecular flexibility index (Phi) is 5.73. The van der Waals surface area contributed by atoms with Gasteiger partial charge in [-0.3, -0.25) is 19.1 Å². The van der Waals surface area contributed by atoms with Crippen molar-refractivity contribution in [2.24, 2.45) is 0 Å². The summed E-state index contributed by atoms with van der Waals surface area (Å²) in [4.78, 5) is 30.0. The van der Waals surface area contributed by atoms with Crippen molar-refractivity contribution in [1.29, 1.82) is 0 Å². The molecule has 0 atom stereocenters. The van der Waals surface area contributed by atoms with Crippen LogP contribution in [0.2, 0.25) is 0 Å². The lowest BCUT2D eigenvalue weighted by Gasteiger charge is -2.13. The molecule has 0 saturated heterocycles. The van der Waals surface area contributed by atoms with Gasteiger partial charge in [0, 0.05) is 30.3 Å². The molecule has 0 aliphatic heterocycles. The normalized spacial score (nSPS) is 10.9. The van der Waals surface area contributed by atoms with Gasteiger partial charge in [0.2, 0.25) is 0 Å². The molecule has 0 unspecified atom stereocenters. The Morgan fingerprint density at radius 3 is 2.64 bits per heavy atom. The number of rotatable bonds is 5. The van der Waals surface area contributed by atoms with Crippen LogP contribution in [-0.2, 0) is 6.54 Å². The van der Waals surface area contributed by atoms with Gasteiger partial charge in [-0.05, 0) is 66.8 Å². The summed E-state index contributed by atoms with van der Waals surface area (Å²) in [5.41, 5.74) is 4.24. The van der Waals surface area contributed by atoms with Crippen molar-refractivity contribution in [2.45, 2.75) is 40.2 Å². The molecule has 1 N–H and O–H groups in total. The summed E-state index contributed by atoms with van der Waals surface area (Å²) < 4.78 is 1.53. The number of carbonyl (C=O) groups excluding carboxylic acids is 1. The van der Waals surface area contributed by atoms with Crippen LogP contribution in [0, 0.1) is 13.8 Å². The van der Waals surface area contributed by atoms with E-state index in [1.54, 1.807) is 25.4 Å². The van der Waals surface area contributed by atoms with E-state index in [-0.39, 0.29) is 17.0 Å². The van der Waals surface area contributed by atoms with E-state index in [1.165, 1.54) is 4.57 Å². The molecule has 2 aromatic heterocycles. The highest BCUT2D eigenvalue weighted by molar-refractivity contribution is 5.95. The molecular formula is C23H25N3O2. The van der Waals surface area contributed by atoms with Crippen molar-refractivity contribution in [3.8, 4) is 5.69 Å². The van der Waals surface area contributed by atoms with Gasteiger partial charge in [0.05, 0.1) is 0 Å². The number of nitrogens with one attached hydrogen (secondary N) is 1. The summed E-state index contributed by atoms with van der Waals surface area (Å²) in [7, 11) is 0. The first kappa shape index (κ1) is 19.5. The van der Waals surface area contributed by atoms with Crippen LogP contribution in [0.15, 0.2) is 59.7 Å². The van der Waals surface area contributed by atoms with E-state index in [0.29, 0.717) is 18.0 Å². The molecular weight excluding hydrogens is 350 g/mol. The Morgan fingerprint density at radius 2 is 1.93 bits per heavy atom. The Hall–Kier alpha value is -3.21. The first-order valence-electron chi connectivity index (χ1n) is 9.39. The number of hydrogen-bond acceptors (Lipinski definition) is 3. The fraction of sp³-hybridized carbons (Fsp3) is 0.261. The van der Waals surface area contributed by atoms with Crippen LogP contribution in [0.4, 0.5) is 0 Å². The Balaban J connectivity index is 1.91. The zero-order valence-electron chi connectivity index (χ0n) is 16.7. The van der Waals surface area contributed by atoms with Gasteiger partial charge >= 0.3 is 0 Å². The van der Waals surface area contributed by atoms with E-state index in [1.807, 2.05) is 43.3 Å². The van der Waals surface area contributed by atoms with E-state index in [2.05, 4.69) is 24.1 Å². The van der Waals surface area contributed by atoms with Gasteiger partial charge < -0.3 is 5.32 Å². The standard InChI is InChI=1S/C23H25N3O2/c1-15(2)19-6-5-7-20(13-19)26-11-9-16(3)21(23(26)28)22(27)25-14-18-8-10-24-17(4)12-18/h5-13,15H,14H2,1-4H3,(H,25,27). The number of carbonyl (C=O) groups is 1. The predicted molar refractivity (Wildman–Crippen MR) is 111 cm³/mol. The minimum atomic E-state index is -0.369. The van der Waals surface area contributed by atoms with Gasteiger partial charge in [0.25, 0.3) is 11.5 Å². The summed E-state index contributed by atoms with van der Waals surface area (Å²) in [6.45, 7) is 8.24. The van der Waals surface area contributed by atoms with E-state index >= 15 is 0 Å². The molecule has 0 aliphatic rings. The summed E-state index contributed by atoms with van der Waals surface area (Å²) in [6.07, 6.45) is 3.43. The molecule has 144 valence electrons. The Morgan fingerprint density at radius 1 is 1.14 bits per heavy atom. The molecule has 0 saturated carbocycles. The Bertz CT molecular complexity index is 1070. The lowest BCUT2D eigenvalue weighted by molar-refractivity contribution is 0.0948. The topological polar surface area (TPSA) is 64.0 Å². The van der Waals surface area contributed by atoms with Crippen molar-refractivity contribution < 1.29 is 4.79 Å². The maximum absolute atomic E-state index is 13.1. The van der Waals surface area contributed by atoms with E-state index < -0.39 is 0 Å². The van der Waals surface area contributed by atoms with Gasteiger partial charge in [-0.25, -0.2) is 0 Å². The van der Waals surface area contributed by atoms with Gasteiger partial charge in [0.15, 0.2) is 0 Å². The van der Waals surface area contributed by atoms with Crippen molar-refractivity contribution in [1.82, 2.24) is 14.9 Å². The monoisotopic (exact) mass is 375 g/mol. The lowest BCUT2D eigenvalue weighted by Crippen LogP contribution is -2.33. The smallest absolute Gasteiger partial charge is 0.268 e. The van der Waals surface area contributed by atoms with E-state index in [4.69, 9.17) is 0 Å². The number of pyridine rings is 2. The second-order valence-electron chi connectivity index (χ2n) is 7.29. The third-order valence-electron chi connectivity index (χ3n) is 4.76. The SMILES string of the molecule is Cc1cc(CNC(=O)c2c(C)ccn(-c3cccc(C(C)C)c3)c2=O)ccn1. The summed E-state index contributed by atoms with van der Waals surface area (Å²) in [6, 6.07) is 13.4. The lowest BCUT2D eigenvalue weighted by atomic mass is 10.0. The van der Waals surface area contributed by atoms with Crippen molar-refractivity contribution in [3.05, 3.63) is 93.2 Å². The highest BCUT2D eigenvalue weighted by atomic mass is 16.2.